The van der Waals surface area contributed by atoms with Gasteiger partial charge < -0.3 is 25.4 Å². The molecule has 8 saturated carbocycles. The molecule has 8 aliphatic carbocycles. The molecule has 8 bridgehead atoms. The predicted octanol–water partition coefficient (Wildman–Crippen LogP) is 8.92. The molecule has 2 amide bonds. The van der Waals surface area contributed by atoms with Crippen molar-refractivity contribution in [1.29, 1.82) is 0 Å². The van der Waals surface area contributed by atoms with E-state index in [2.05, 4.69) is 22.3 Å². The van der Waals surface area contributed by atoms with E-state index in [9.17, 15) is 15.0 Å². The molecule has 1 unspecified atom stereocenters. The molecule has 8 aliphatic rings. The fourth-order valence-corrected chi connectivity index (χ4v) is 16.3. The van der Waals surface area contributed by atoms with Gasteiger partial charge in [-0.25, -0.2) is 9.97 Å². The molecule has 2 heterocycles. The van der Waals surface area contributed by atoms with Crippen LogP contribution < -0.4 is 25.4 Å². The minimum atomic E-state index is -1.02. The van der Waals surface area contributed by atoms with Gasteiger partial charge in [-0.05, 0) is 172 Å². The van der Waals surface area contributed by atoms with E-state index in [1.165, 1.54) is 44.1 Å². The second-order valence-corrected chi connectivity index (χ2v) is 22.4. The van der Waals surface area contributed by atoms with Crippen LogP contribution in [0.2, 0.25) is 0 Å². The molecule has 69 heavy (non-hydrogen) atoms. The molecule has 12 heteroatoms. The highest BCUT2D eigenvalue weighted by Crippen LogP contribution is 2.77. The number of aliphatic hydroxyl groups is 2. The van der Waals surface area contributed by atoms with Crippen LogP contribution in [0, 0.1) is 51.8 Å². The maximum Gasteiger partial charge on any atom is 0.239 e. The molecule has 5 aromatic rings. The molecule has 2 aromatic heterocycles. The normalized spacial score (nSPS) is 28.8. The molecule has 8 fully saturated rings. The van der Waals surface area contributed by atoms with Crippen LogP contribution in [0.15, 0.2) is 91.0 Å². The number of benzene rings is 3. The van der Waals surface area contributed by atoms with Crippen molar-refractivity contribution in [3.63, 3.8) is 0 Å². The first kappa shape index (κ1) is 46.3. The van der Waals surface area contributed by atoms with Crippen LogP contribution >= 0.6 is 0 Å². The lowest BCUT2D eigenvalue weighted by Crippen LogP contribution is -2.70. The van der Waals surface area contributed by atoms with E-state index < -0.39 is 11.6 Å². The lowest BCUT2D eigenvalue weighted by molar-refractivity contribution is -0.226. The molecule has 0 saturated heterocycles. The van der Waals surface area contributed by atoms with Crippen LogP contribution in [0.3, 0.4) is 0 Å². The molecular weight excluding hydrogens is 865 g/mol. The minimum absolute atomic E-state index is 0.0115. The number of ether oxygens (including phenoxy) is 2. The number of rotatable bonds is 20. The van der Waals surface area contributed by atoms with Crippen LogP contribution in [0.1, 0.15) is 96.0 Å². The third-order valence-corrected chi connectivity index (χ3v) is 17.9. The molecule has 364 valence electrons. The first-order valence-corrected chi connectivity index (χ1v) is 26.0. The van der Waals surface area contributed by atoms with Crippen LogP contribution in [-0.2, 0) is 16.1 Å². The summed E-state index contributed by atoms with van der Waals surface area (Å²) in [4.78, 5) is 46.1. The SMILES string of the molecule is CC(O)NCCOc1ccc2c(N(C(=O)C(CC(N)=O)(C34CC5CC(CC(C5)C3)C4)C34CC5CC(CC(C5)C3)C4)c3cccc4nc(OCCN(CCO)Cc5ccccc5)ccc34)cccc2n1. The number of aromatic nitrogens is 2. The molecule has 1 atom stereocenters. The van der Waals surface area contributed by atoms with Gasteiger partial charge >= 0.3 is 0 Å². The van der Waals surface area contributed by atoms with Crippen LogP contribution in [-0.4, -0.2) is 82.6 Å². The quantitative estimate of drug-likeness (QED) is 0.0438. The first-order chi connectivity index (χ1) is 33.5. The lowest BCUT2D eigenvalue weighted by atomic mass is 9.32. The highest BCUT2D eigenvalue weighted by atomic mass is 16.5. The first-order valence-electron chi connectivity index (χ1n) is 26.0. The van der Waals surface area contributed by atoms with Crippen LogP contribution in [0.5, 0.6) is 11.8 Å². The largest absolute Gasteiger partial charge is 0.476 e. The number of primary amides is 1. The van der Waals surface area contributed by atoms with E-state index in [4.69, 9.17) is 25.2 Å². The summed E-state index contributed by atoms with van der Waals surface area (Å²) in [6, 6.07) is 30.0. The Balaban J connectivity index is 1.03. The summed E-state index contributed by atoms with van der Waals surface area (Å²) >= 11 is 0. The molecule has 12 nitrogen and oxygen atoms in total. The van der Waals surface area contributed by atoms with E-state index in [0.717, 1.165) is 49.3 Å². The van der Waals surface area contributed by atoms with Crippen molar-refractivity contribution >= 4 is 45.0 Å². The van der Waals surface area contributed by atoms with Crippen molar-refractivity contribution in [3.05, 3.63) is 96.6 Å². The third kappa shape index (κ3) is 8.67. The fraction of sp³-hybridized carbons (Fsp3) is 0.544. The van der Waals surface area contributed by atoms with Gasteiger partial charge in [0.1, 0.15) is 19.4 Å². The average molecular weight is 935 g/mol. The molecule has 0 spiro atoms. The van der Waals surface area contributed by atoms with Crippen molar-refractivity contribution in [2.24, 2.45) is 57.5 Å². The molecule has 13 rings (SSSR count). The van der Waals surface area contributed by atoms with E-state index in [0.29, 0.717) is 109 Å². The molecule has 3 aromatic carbocycles. The van der Waals surface area contributed by atoms with Crippen molar-refractivity contribution in [2.75, 3.05) is 44.4 Å². The summed E-state index contributed by atoms with van der Waals surface area (Å²) in [5.41, 5.74) is 8.90. The van der Waals surface area contributed by atoms with Crippen molar-refractivity contribution < 1.29 is 29.3 Å². The molecule has 5 N–H and O–H groups in total. The number of pyridine rings is 2. The van der Waals surface area contributed by atoms with Crippen molar-refractivity contribution in [1.82, 2.24) is 20.2 Å². The fourth-order valence-electron chi connectivity index (χ4n) is 16.3. The number of carbonyl (C=O) groups is 2. The van der Waals surface area contributed by atoms with Gasteiger partial charge in [-0.1, -0.05) is 42.5 Å². The van der Waals surface area contributed by atoms with E-state index in [-0.39, 0.29) is 35.7 Å². The second kappa shape index (κ2) is 18.9. The van der Waals surface area contributed by atoms with Gasteiger partial charge in [0.05, 0.1) is 34.4 Å². The number of nitrogens with one attached hydrogen (secondary N) is 1. The number of aliphatic hydroxyl groups excluding tert-OH is 2. The monoisotopic (exact) mass is 935 g/mol. The maximum atomic E-state index is 17.6. The summed E-state index contributed by atoms with van der Waals surface area (Å²) in [6.45, 7) is 4.72. The number of fused-ring (bicyclic) bond motifs is 2. The van der Waals surface area contributed by atoms with Gasteiger partial charge in [-0.15, -0.1) is 0 Å². The maximum absolute atomic E-state index is 17.6. The van der Waals surface area contributed by atoms with Crippen molar-refractivity contribution in [3.8, 4) is 11.8 Å². The zero-order valence-corrected chi connectivity index (χ0v) is 40.2. The van der Waals surface area contributed by atoms with Gasteiger partial charge in [0.2, 0.25) is 23.6 Å². The Morgan fingerprint density at radius 2 is 1.19 bits per heavy atom. The Hall–Kier alpha value is -5.14. The van der Waals surface area contributed by atoms with E-state index in [1.54, 1.807) is 6.92 Å². The predicted molar refractivity (Wildman–Crippen MR) is 268 cm³/mol. The van der Waals surface area contributed by atoms with Gasteiger partial charge in [0, 0.05) is 55.5 Å². The summed E-state index contributed by atoms with van der Waals surface area (Å²) in [5.74, 6) is 3.93. The number of anilines is 2. The number of carbonyl (C=O) groups excluding carboxylic acids is 2. The molecule has 0 radical (unpaired) electrons. The Morgan fingerprint density at radius 3 is 1.65 bits per heavy atom. The minimum Gasteiger partial charge on any atom is -0.476 e. The summed E-state index contributed by atoms with van der Waals surface area (Å²) in [7, 11) is 0. The number of hydrogen-bond donors (Lipinski definition) is 4. The number of nitrogens with two attached hydrogens (primary N) is 1. The highest BCUT2D eigenvalue weighted by Gasteiger charge is 2.74. The second-order valence-electron chi connectivity index (χ2n) is 22.4. The van der Waals surface area contributed by atoms with Crippen molar-refractivity contribution in [2.45, 2.75) is 103 Å². The Labute approximate surface area is 406 Å². The Bertz CT molecular complexity index is 2560. The zero-order valence-electron chi connectivity index (χ0n) is 40.2. The van der Waals surface area contributed by atoms with Gasteiger partial charge in [-0.3, -0.25) is 24.7 Å². The van der Waals surface area contributed by atoms with Gasteiger partial charge in [-0.2, -0.15) is 0 Å². The lowest BCUT2D eigenvalue weighted by Gasteiger charge is -2.72. The summed E-state index contributed by atoms with van der Waals surface area (Å²) < 4.78 is 12.4. The number of amides is 2. The summed E-state index contributed by atoms with van der Waals surface area (Å²) in [6.07, 6.45) is 12.7. The number of hydrogen-bond acceptors (Lipinski definition) is 10. The zero-order chi connectivity index (χ0) is 47.3. The summed E-state index contributed by atoms with van der Waals surface area (Å²) in [5, 5.41) is 24.2. The highest BCUT2D eigenvalue weighted by molar-refractivity contribution is 6.15. The Kier molecular flexibility index (Phi) is 12.7. The van der Waals surface area contributed by atoms with Gasteiger partial charge in [0.25, 0.3) is 0 Å². The van der Waals surface area contributed by atoms with Gasteiger partial charge in [0.15, 0.2) is 0 Å². The third-order valence-electron chi connectivity index (χ3n) is 17.9. The topological polar surface area (TPSA) is 163 Å². The smallest absolute Gasteiger partial charge is 0.239 e. The Morgan fingerprint density at radius 1 is 0.696 bits per heavy atom. The number of nitrogens with zero attached hydrogens (tertiary/aromatic N) is 4. The van der Waals surface area contributed by atoms with E-state index >= 15 is 4.79 Å². The average Bonchev–Trinajstić information content (AvgIpc) is 3.31. The van der Waals surface area contributed by atoms with Crippen LogP contribution in [0.4, 0.5) is 11.4 Å². The van der Waals surface area contributed by atoms with Crippen LogP contribution in [0.25, 0.3) is 21.8 Å². The molecular formula is C57H70N6O6. The van der Waals surface area contributed by atoms with E-state index in [1.807, 2.05) is 83.8 Å². The standard InChI is InChI=1S/C57H70N6O6/c1-37(65)59-17-21-68-52-15-13-45-47(60-52)9-5-11-49(45)63(50-12-6-10-48-46(50)14-16-53(61-48)69-22-19-62(18-20-64)36-38-7-3-2-4-8-38)54(67)57(35-51(58)66,55-29-39-23-40(30-55)25-41(24-39)31-55)56-32-42-26-43(33-56)28-44(27-42)34-56/h2-16,37,39-44,59,64-65H,17-36H2,1H3,(H2,58,66). The molecule has 0 aliphatic heterocycles.